The van der Waals surface area contributed by atoms with Crippen LogP contribution in [-0.4, -0.2) is 40.8 Å². The fraction of sp³-hybridized carbons (Fsp3) is 0.385. The first-order valence-electron chi connectivity index (χ1n) is 11.2. The third kappa shape index (κ3) is 4.82. The van der Waals surface area contributed by atoms with Gasteiger partial charge in [0.2, 0.25) is 11.8 Å². The molecule has 1 fully saturated rings. The molecule has 2 heterocycles. The summed E-state index contributed by atoms with van der Waals surface area (Å²) in [5.74, 6) is 0.421. The number of hydrogen-bond acceptors (Lipinski definition) is 2. The van der Waals surface area contributed by atoms with Gasteiger partial charge in [-0.05, 0) is 41.9 Å². The number of hydrogen-bond donors (Lipinski definition) is 2. The van der Waals surface area contributed by atoms with E-state index in [1.807, 2.05) is 55.1 Å². The number of fused-ring (bicyclic) bond motifs is 1. The number of piperidine rings is 1. The first kappa shape index (κ1) is 21.2. The molecule has 2 amide bonds. The molecule has 2 N–H and O–H groups in total. The zero-order valence-electron chi connectivity index (χ0n) is 18.3. The fourth-order valence-electron chi connectivity index (χ4n) is 4.56. The molecule has 2 aromatic carbocycles. The average Bonchev–Trinajstić information content (AvgIpc) is 3.22. The van der Waals surface area contributed by atoms with Gasteiger partial charge in [0.1, 0.15) is 6.04 Å². The molecular weight excluding hydrogens is 386 g/mol. The van der Waals surface area contributed by atoms with Crippen LogP contribution in [0.3, 0.4) is 0 Å². The van der Waals surface area contributed by atoms with E-state index >= 15 is 0 Å². The number of H-pyrrole nitrogens is 1. The first-order valence-corrected chi connectivity index (χ1v) is 11.2. The van der Waals surface area contributed by atoms with E-state index in [0.717, 1.165) is 37.0 Å². The normalized spacial score (nSPS) is 15.9. The lowest BCUT2D eigenvalue weighted by molar-refractivity contribution is -0.138. The van der Waals surface area contributed by atoms with Gasteiger partial charge in [0, 0.05) is 30.2 Å². The summed E-state index contributed by atoms with van der Waals surface area (Å²) in [4.78, 5) is 31.1. The van der Waals surface area contributed by atoms with Crippen molar-refractivity contribution in [2.24, 2.45) is 5.92 Å². The zero-order chi connectivity index (χ0) is 21.8. The van der Waals surface area contributed by atoms with Crippen LogP contribution in [0.5, 0.6) is 0 Å². The number of carbonyl (C=O) groups is 2. The van der Waals surface area contributed by atoms with Crippen molar-refractivity contribution >= 4 is 22.7 Å². The number of benzene rings is 2. The lowest BCUT2D eigenvalue weighted by Crippen LogP contribution is -2.53. The van der Waals surface area contributed by atoms with Crippen LogP contribution < -0.4 is 5.32 Å². The van der Waals surface area contributed by atoms with Crippen LogP contribution in [0.4, 0.5) is 0 Å². The summed E-state index contributed by atoms with van der Waals surface area (Å²) >= 11 is 0. The van der Waals surface area contributed by atoms with Crippen LogP contribution in [0.1, 0.15) is 43.7 Å². The predicted octanol–water partition coefficient (Wildman–Crippen LogP) is 4.26. The van der Waals surface area contributed by atoms with Crippen LogP contribution in [0, 0.1) is 5.92 Å². The topological polar surface area (TPSA) is 65.2 Å². The van der Waals surface area contributed by atoms with Gasteiger partial charge in [0.15, 0.2) is 0 Å². The zero-order valence-corrected chi connectivity index (χ0v) is 18.3. The van der Waals surface area contributed by atoms with Gasteiger partial charge >= 0.3 is 0 Å². The Morgan fingerprint density at radius 2 is 1.71 bits per heavy atom. The number of para-hydroxylation sites is 1. The van der Waals surface area contributed by atoms with Gasteiger partial charge in [-0.2, -0.15) is 0 Å². The average molecular weight is 418 g/mol. The molecule has 0 aliphatic carbocycles. The molecule has 1 aliphatic rings. The number of likely N-dealkylation sites (tertiary alicyclic amines) is 1. The molecule has 0 saturated carbocycles. The number of nitrogens with one attached hydrogen (secondary N) is 2. The Kier molecular flexibility index (Phi) is 6.40. The standard InChI is InChI=1S/C26H31N3O2/c1-18(2)25(28-24(30)16-19-8-4-3-5-9-19)26(31)29-14-12-20(13-15-29)22-17-27-23-11-7-6-10-21(22)23/h3-11,17-18,20,25,27H,12-16H2,1-2H3,(H,28,30). The number of amides is 2. The summed E-state index contributed by atoms with van der Waals surface area (Å²) in [6.07, 6.45) is 4.29. The molecule has 1 aromatic heterocycles. The smallest absolute Gasteiger partial charge is 0.245 e. The molecule has 0 radical (unpaired) electrons. The summed E-state index contributed by atoms with van der Waals surface area (Å²) in [6, 6.07) is 17.5. The monoisotopic (exact) mass is 417 g/mol. The van der Waals surface area contributed by atoms with E-state index in [4.69, 9.17) is 0 Å². The van der Waals surface area contributed by atoms with E-state index in [1.54, 1.807) is 0 Å². The number of carbonyl (C=O) groups excluding carboxylic acids is 2. The van der Waals surface area contributed by atoms with Gasteiger partial charge in [-0.15, -0.1) is 0 Å². The second kappa shape index (κ2) is 9.38. The third-order valence-electron chi connectivity index (χ3n) is 6.32. The Bertz CT molecular complexity index is 1030. The number of nitrogens with zero attached hydrogens (tertiary/aromatic N) is 1. The molecule has 0 spiro atoms. The Morgan fingerprint density at radius 1 is 1.03 bits per heavy atom. The highest BCUT2D eigenvalue weighted by Crippen LogP contribution is 2.33. The SMILES string of the molecule is CC(C)C(NC(=O)Cc1ccccc1)C(=O)N1CCC(c2c[nH]c3ccccc23)CC1. The van der Waals surface area contributed by atoms with Crippen molar-refractivity contribution in [3.63, 3.8) is 0 Å². The third-order valence-corrected chi connectivity index (χ3v) is 6.32. The van der Waals surface area contributed by atoms with E-state index in [0.29, 0.717) is 12.3 Å². The minimum atomic E-state index is -0.485. The van der Waals surface area contributed by atoms with E-state index in [-0.39, 0.29) is 17.7 Å². The molecule has 4 rings (SSSR count). The van der Waals surface area contributed by atoms with Crippen molar-refractivity contribution < 1.29 is 9.59 Å². The van der Waals surface area contributed by atoms with Crippen LogP contribution in [0.15, 0.2) is 60.8 Å². The Balaban J connectivity index is 1.37. The van der Waals surface area contributed by atoms with Crippen molar-refractivity contribution in [1.29, 1.82) is 0 Å². The van der Waals surface area contributed by atoms with Crippen molar-refractivity contribution in [1.82, 2.24) is 15.2 Å². The largest absolute Gasteiger partial charge is 0.361 e. The lowest BCUT2D eigenvalue weighted by atomic mass is 9.88. The number of aromatic nitrogens is 1. The molecular formula is C26H31N3O2. The number of aromatic amines is 1. The lowest BCUT2D eigenvalue weighted by Gasteiger charge is -2.35. The van der Waals surface area contributed by atoms with Gasteiger partial charge in [0.05, 0.1) is 6.42 Å². The maximum Gasteiger partial charge on any atom is 0.245 e. The summed E-state index contributed by atoms with van der Waals surface area (Å²) in [5, 5.41) is 4.27. The van der Waals surface area contributed by atoms with E-state index in [2.05, 4.69) is 34.7 Å². The van der Waals surface area contributed by atoms with Crippen LogP contribution >= 0.6 is 0 Å². The maximum atomic E-state index is 13.2. The maximum absolute atomic E-state index is 13.2. The summed E-state index contributed by atoms with van der Waals surface area (Å²) in [7, 11) is 0. The van der Waals surface area contributed by atoms with E-state index < -0.39 is 6.04 Å². The summed E-state index contributed by atoms with van der Waals surface area (Å²) in [5.41, 5.74) is 3.46. The number of rotatable bonds is 6. The molecule has 31 heavy (non-hydrogen) atoms. The quantitative estimate of drug-likeness (QED) is 0.629. The minimum Gasteiger partial charge on any atom is -0.361 e. The Hall–Kier alpha value is -3.08. The molecule has 162 valence electrons. The van der Waals surface area contributed by atoms with E-state index in [9.17, 15) is 9.59 Å². The van der Waals surface area contributed by atoms with Crippen LogP contribution in [0.2, 0.25) is 0 Å². The highest BCUT2D eigenvalue weighted by molar-refractivity contribution is 5.89. The molecule has 1 unspecified atom stereocenters. The molecule has 0 bridgehead atoms. The molecule has 5 heteroatoms. The van der Waals surface area contributed by atoms with Crippen molar-refractivity contribution in [3.05, 3.63) is 71.9 Å². The second-order valence-corrected chi connectivity index (χ2v) is 8.84. The summed E-state index contributed by atoms with van der Waals surface area (Å²) < 4.78 is 0. The second-order valence-electron chi connectivity index (χ2n) is 8.84. The Morgan fingerprint density at radius 3 is 2.42 bits per heavy atom. The Labute approximate surface area is 183 Å². The molecule has 1 saturated heterocycles. The van der Waals surface area contributed by atoms with Crippen LogP contribution in [0.25, 0.3) is 10.9 Å². The molecule has 1 aliphatic heterocycles. The molecule has 1 atom stereocenters. The highest BCUT2D eigenvalue weighted by atomic mass is 16.2. The molecule has 5 nitrogen and oxygen atoms in total. The molecule has 3 aromatic rings. The van der Waals surface area contributed by atoms with Crippen LogP contribution in [-0.2, 0) is 16.0 Å². The minimum absolute atomic E-state index is 0.0359. The predicted molar refractivity (Wildman–Crippen MR) is 124 cm³/mol. The van der Waals surface area contributed by atoms with Crippen molar-refractivity contribution in [2.45, 2.75) is 45.1 Å². The van der Waals surface area contributed by atoms with Gasteiger partial charge < -0.3 is 15.2 Å². The van der Waals surface area contributed by atoms with Crippen molar-refractivity contribution in [3.8, 4) is 0 Å². The van der Waals surface area contributed by atoms with E-state index in [1.165, 1.54) is 10.9 Å². The first-order chi connectivity index (χ1) is 15.0. The summed E-state index contributed by atoms with van der Waals surface area (Å²) in [6.45, 7) is 5.43. The fourth-order valence-corrected chi connectivity index (χ4v) is 4.56. The van der Waals surface area contributed by atoms with Gasteiger partial charge in [-0.3, -0.25) is 9.59 Å². The van der Waals surface area contributed by atoms with Gasteiger partial charge in [-0.1, -0.05) is 62.4 Å². The van der Waals surface area contributed by atoms with Gasteiger partial charge in [0.25, 0.3) is 0 Å². The highest BCUT2D eigenvalue weighted by Gasteiger charge is 2.32. The van der Waals surface area contributed by atoms with Crippen molar-refractivity contribution in [2.75, 3.05) is 13.1 Å². The van der Waals surface area contributed by atoms with Gasteiger partial charge in [-0.25, -0.2) is 0 Å².